The standard InChI is InChI=1S/C14H21NO/c1-2-3-11-14(16)15-12-7-10-13-8-5-4-6-9-13/h4-6,8-9H,2-3,7,10-12H2,1H3,(H,15,16). The van der Waals surface area contributed by atoms with Crippen LogP contribution in [0.4, 0.5) is 0 Å². The molecule has 0 spiro atoms. The molecule has 0 atom stereocenters. The molecule has 0 aliphatic carbocycles. The van der Waals surface area contributed by atoms with Gasteiger partial charge in [-0.15, -0.1) is 0 Å². The number of nitrogens with one attached hydrogen (secondary N) is 1. The summed E-state index contributed by atoms with van der Waals surface area (Å²) in [7, 11) is 0. The minimum Gasteiger partial charge on any atom is -0.356 e. The molecule has 1 amide bonds. The third kappa shape index (κ3) is 5.54. The van der Waals surface area contributed by atoms with Crippen LogP contribution < -0.4 is 5.32 Å². The van der Waals surface area contributed by atoms with Gasteiger partial charge in [0.25, 0.3) is 0 Å². The number of amides is 1. The van der Waals surface area contributed by atoms with Gasteiger partial charge in [-0.2, -0.15) is 0 Å². The second-order valence-electron chi connectivity index (χ2n) is 4.04. The third-order valence-electron chi connectivity index (χ3n) is 2.56. The van der Waals surface area contributed by atoms with E-state index in [4.69, 9.17) is 0 Å². The Morgan fingerprint density at radius 1 is 1.19 bits per heavy atom. The molecule has 0 aliphatic rings. The van der Waals surface area contributed by atoms with E-state index in [1.165, 1.54) is 5.56 Å². The summed E-state index contributed by atoms with van der Waals surface area (Å²) in [5.41, 5.74) is 1.34. The number of carbonyl (C=O) groups excluding carboxylic acids is 1. The predicted molar refractivity (Wildman–Crippen MR) is 67.3 cm³/mol. The molecule has 0 aromatic heterocycles. The second kappa shape index (κ2) is 7.91. The molecule has 16 heavy (non-hydrogen) atoms. The van der Waals surface area contributed by atoms with Crippen molar-refractivity contribution >= 4 is 5.91 Å². The monoisotopic (exact) mass is 219 g/mol. The molecule has 2 nitrogen and oxygen atoms in total. The first-order valence-electron chi connectivity index (χ1n) is 6.13. The lowest BCUT2D eigenvalue weighted by atomic mass is 10.1. The SMILES string of the molecule is CCCCC(=O)NCCCc1ccccc1. The molecule has 0 unspecified atom stereocenters. The van der Waals surface area contributed by atoms with Crippen molar-refractivity contribution < 1.29 is 4.79 Å². The van der Waals surface area contributed by atoms with Crippen LogP contribution in [-0.2, 0) is 11.2 Å². The van der Waals surface area contributed by atoms with Gasteiger partial charge in [0.05, 0.1) is 0 Å². The van der Waals surface area contributed by atoms with Crippen LogP contribution in [0.1, 0.15) is 38.2 Å². The summed E-state index contributed by atoms with van der Waals surface area (Å²) in [4.78, 5) is 11.3. The first-order valence-corrected chi connectivity index (χ1v) is 6.13. The average Bonchev–Trinajstić information content (AvgIpc) is 2.33. The van der Waals surface area contributed by atoms with Crippen LogP contribution in [0.5, 0.6) is 0 Å². The highest BCUT2D eigenvalue weighted by Crippen LogP contribution is 2.01. The molecule has 1 aromatic rings. The van der Waals surface area contributed by atoms with Crippen LogP contribution >= 0.6 is 0 Å². The Hall–Kier alpha value is -1.31. The molecular formula is C14H21NO. The van der Waals surface area contributed by atoms with Crippen molar-refractivity contribution in [1.29, 1.82) is 0 Å². The zero-order valence-electron chi connectivity index (χ0n) is 10.0. The van der Waals surface area contributed by atoms with Crippen molar-refractivity contribution in [2.24, 2.45) is 0 Å². The van der Waals surface area contributed by atoms with Crippen molar-refractivity contribution in [2.45, 2.75) is 39.0 Å². The molecule has 1 aromatic carbocycles. The van der Waals surface area contributed by atoms with Crippen molar-refractivity contribution in [2.75, 3.05) is 6.54 Å². The number of carbonyl (C=O) groups is 1. The van der Waals surface area contributed by atoms with E-state index in [0.717, 1.165) is 32.2 Å². The molecule has 0 bridgehead atoms. The summed E-state index contributed by atoms with van der Waals surface area (Å²) in [6.45, 7) is 2.89. The molecular weight excluding hydrogens is 198 g/mol. The molecule has 1 N–H and O–H groups in total. The first-order chi connectivity index (χ1) is 7.83. The highest BCUT2D eigenvalue weighted by atomic mass is 16.1. The van der Waals surface area contributed by atoms with E-state index in [-0.39, 0.29) is 5.91 Å². The molecule has 0 saturated carbocycles. The molecule has 1 rings (SSSR count). The number of hydrogen-bond acceptors (Lipinski definition) is 1. The maximum absolute atomic E-state index is 11.3. The van der Waals surface area contributed by atoms with Gasteiger partial charge >= 0.3 is 0 Å². The minimum absolute atomic E-state index is 0.190. The normalized spacial score (nSPS) is 10.1. The van der Waals surface area contributed by atoms with E-state index in [9.17, 15) is 4.79 Å². The number of unbranched alkanes of at least 4 members (excludes halogenated alkanes) is 1. The highest BCUT2D eigenvalue weighted by Gasteiger charge is 1.98. The van der Waals surface area contributed by atoms with Gasteiger partial charge in [-0.05, 0) is 24.8 Å². The second-order valence-corrected chi connectivity index (χ2v) is 4.04. The summed E-state index contributed by atoms with van der Waals surface area (Å²) in [5, 5.41) is 2.95. The lowest BCUT2D eigenvalue weighted by molar-refractivity contribution is -0.121. The molecule has 0 fully saturated rings. The Morgan fingerprint density at radius 3 is 2.62 bits per heavy atom. The topological polar surface area (TPSA) is 29.1 Å². The van der Waals surface area contributed by atoms with E-state index >= 15 is 0 Å². The van der Waals surface area contributed by atoms with E-state index < -0.39 is 0 Å². The van der Waals surface area contributed by atoms with Crippen molar-refractivity contribution in [1.82, 2.24) is 5.32 Å². The number of rotatable bonds is 7. The summed E-state index contributed by atoms with van der Waals surface area (Å²) in [6.07, 6.45) is 4.79. The third-order valence-corrected chi connectivity index (χ3v) is 2.56. The molecule has 2 heteroatoms. The van der Waals surface area contributed by atoms with E-state index in [0.29, 0.717) is 6.42 Å². The smallest absolute Gasteiger partial charge is 0.219 e. The van der Waals surface area contributed by atoms with Gasteiger partial charge in [0.1, 0.15) is 0 Å². The van der Waals surface area contributed by atoms with Gasteiger partial charge in [-0.25, -0.2) is 0 Å². The molecule has 0 radical (unpaired) electrons. The van der Waals surface area contributed by atoms with Gasteiger partial charge in [0.15, 0.2) is 0 Å². The van der Waals surface area contributed by atoms with Crippen molar-refractivity contribution in [3.8, 4) is 0 Å². The lowest BCUT2D eigenvalue weighted by Crippen LogP contribution is -2.24. The summed E-state index contributed by atoms with van der Waals surface area (Å²) >= 11 is 0. The number of benzene rings is 1. The van der Waals surface area contributed by atoms with E-state index in [1.54, 1.807) is 0 Å². The highest BCUT2D eigenvalue weighted by molar-refractivity contribution is 5.75. The Kier molecular flexibility index (Phi) is 6.31. The first kappa shape index (κ1) is 12.8. The van der Waals surface area contributed by atoms with Gasteiger partial charge in [-0.1, -0.05) is 43.7 Å². The van der Waals surface area contributed by atoms with Gasteiger partial charge < -0.3 is 5.32 Å². The zero-order valence-corrected chi connectivity index (χ0v) is 10.0. The van der Waals surface area contributed by atoms with Crippen LogP contribution in [0.3, 0.4) is 0 Å². The van der Waals surface area contributed by atoms with Gasteiger partial charge in [0, 0.05) is 13.0 Å². The van der Waals surface area contributed by atoms with Crippen LogP contribution in [0.15, 0.2) is 30.3 Å². The molecule has 0 saturated heterocycles. The summed E-state index contributed by atoms with van der Waals surface area (Å²) in [6, 6.07) is 10.4. The largest absolute Gasteiger partial charge is 0.356 e. The maximum atomic E-state index is 11.3. The zero-order chi connectivity index (χ0) is 11.6. The quantitative estimate of drug-likeness (QED) is 0.702. The minimum atomic E-state index is 0.190. The van der Waals surface area contributed by atoms with Crippen molar-refractivity contribution in [3.05, 3.63) is 35.9 Å². The number of aryl methyl sites for hydroxylation is 1. The van der Waals surface area contributed by atoms with Crippen LogP contribution in [0.2, 0.25) is 0 Å². The number of hydrogen-bond donors (Lipinski definition) is 1. The van der Waals surface area contributed by atoms with E-state index in [1.807, 2.05) is 6.07 Å². The Bertz CT molecular complexity index is 295. The fourth-order valence-electron chi connectivity index (χ4n) is 1.59. The Balaban J connectivity index is 2.06. The van der Waals surface area contributed by atoms with Crippen LogP contribution in [0.25, 0.3) is 0 Å². The maximum Gasteiger partial charge on any atom is 0.219 e. The molecule has 88 valence electrons. The summed E-state index contributed by atoms with van der Waals surface area (Å²) < 4.78 is 0. The van der Waals surface area contributed by atoms with Crippen LogP contribution in [0, 0.1) is 0 Å². The van der Waals surface area contributed by atoms with Crippen LogP contribution in [-0.4, -0.2) is 12.5 Å². The van der Waals surface area contributed by atoms with Gasteiger partial charge in [0.2, 0.25) is 5.91 Å². The molecule has 0 heterocycles. The van der Waals surface area contributed by atoms with Crippen molar-refractivity contribution in [3.63, 3.8) is 0 Å². The predicted octanol–water partition coefficient (Wildman–Crippen LogP) is 2.93. The Morgan fingerprint density at radius 2 is 1.94 bits per heavy atom. The fraction of sp³-hybridized carbons (Fsp3) is 0.500. The average molecular weight is 219 g/mol. The lowest BCUT2D eigenvalue weighted by Gasteiger charge is -2.04. The summed E-state index contributed by atoms with van der Waals surface area (Å²) in [5.74, 6) is 0.190. The fourth-order valence-corrected chi connectivity index (χ4v) is 1.59. The van der Waals surface area contributed by atoms with E-state index in [2.05, 4.69) is 36.5 Å². The van der Waals surface area contributed by atoms with Gasteiger partial charge in [-0.3, -0.25) is 4.79 Å². The Labute approximate surface area is 98.1 Å². The molecule has 0 aliphatic heterocycles.